The van der Waals surface area contributed by atoms with Gasteiger partial charge in [0.2, 0.25) is 5.95 Å². The molecular weight excluding hydrogens is 468 g/mol. The second-order valence-corrected chi connectivity index (χ2v) is 9.35. The largest absolute Gasteiger partial charge is 0.385 e. The molecule has 2 aliphatic rings. The van der Waals surface area contributed by atoms with Crippen molar-refractivity contribution >= 4 is 17.1 Å². The molecule has 0 spiro atoms. The minimum absolute atomic E-state index is 0.111. The predicted molar refractivity (Wildman–Crippen MR) is 127 cm³/mol. The Bertz CT molecular complexity index is 1460. The number of hydrogen-bond donors (Lipinski definition) is 1. The zero-order valence-corrected chi connectivity index (χ0v) is 19.9. The smallest absolute Gasteiger partial charge is 0.228 e. The molecule has 186 valence electrons. The van der Waals surface area contributed by atoms with Gasteiger partial charge >= 0.3 is 0 Å². The first kappa shape index (κ1) is 22.9. The van der Waals surface area contributed by atoms with Gasteiger partial charge in [0.25, 0.3) is 0 Å². The molecule has 0 amide bonds. The average Bonchev–Trinajstić information content (AvgIpc) is 3.60. The number of anilines is 1. The van der Waals surface area contributed by atoms with Crippen molar-refractivity contribution < 1.29 is 18.6 Å². The number of benzene rings is 1. The first-order valence-corrected chi connectivity index (χ1v) is 11.9. The Morgan fingerprint density at radius 3 is 2.67 bits per heavy atom. The fourth-order valence-electron chi connectivity index (χ4n) is 4.42. The molecule has 1 aliphatic heterocycles. The summed E-state index contributed by atoms with van der Waals surface area (Å²) in [7, 11) is 0. The third-order valence-electron chi connectivity index (χ3n) is 6.73. The van der Waals surface area contributed by atoms with E-state index in [0.29, 0.717) is 59.8 Å². The van der Waals surface area contributed by atoms with Crippen LogP contribution in [-0.4, -0.2) is 60.6 Å². The average molecular weight is 494 g/mol. The molecule has 4 heterocycles. The highest BCUT2D eigenvalue weighted by atomic mass is 19.1. The lowest BCUT2D eigenvalue weighted by molar-refractivity contribution is -0.0461. The number of nitrogens with zero attached hydrogens (tertiary/aromatic N) is 7. The van der Waals surface area contributed by atoms with Crippen LogP contribution in [0.25, 0.3) is 22.4 Å². The van der Waals surface area contributed by atoms with E-state index < -0.39 is 23.8 Å². The Morgan fingerprint density at radius 1 is 1.08 bits per heavy atom. The summed E-state index contributed by atoms with van der Waals surface area (Å²) in [5, 5.41) is 15.4. The Morgan fingerprint density at radius 2 is 1.89 bits per heavy atom. The van der Waals surface area contributed by atoms with Gasteiger partial charge in [-0.2, -0.15) is 10.1 Å². The highest BCUT2D eigenvalue weighted by Crippen LogP contribution is 2.35. The molecule has 4 aromatic rings. The van der Waals surface area contributed by atoms with E-state index in [4.69, 9.17) is 4.74 Å². The molecule has 2 fully saturated rings. The zero-order chi connectivity index (χ0) is 25.0. The first-order chi connectivity index (χ1) is 17.4. The van der Waals surface area contributed by atoms with Gasteiger partial charge in [0.05, 0.1) is 36.8 Å². The number of hydrogen-bond acceptors (Lipinski definition) is 8. The SMILES string of the molecule is Cc1nc2nc(N3CCO[C@@H]([C@@H](O)c4cnn(C5CC5)c4)C3)nc(-c3ccc(F)cc3F)c2nc1C. The van der Waals surface area contributed by atoms with Crippen LogP contribution in [0.2, 0.25) is 0 Å². The maximum absolute atomic E-state index is 14.8. The van der Waals surface area contributed by atoms with Crippen LogP contribution in [0.5, 0.6) is 0 Å². The second kappa shape index (κ2) is 8.82. The normalized spacial score (nSPS) is 19.1. The van der Waals surface area contributed by atoms with Gasteiger partial charge in [-0.3, -0.25) is 4.68 Å². The van der Waals surface area contributed by atoms with Crippen LogP contribution in [0.3, 0.4) is 0 Å². The second-order valence-electron chi connectivity index (χ2n) is 9.35. The van der Waals surface area contributed by atoms with E-state index in [1.165, 1.54) is 12.1 Å². The number of aryl methyl sites for hydroxylation is 2. The van der Waals surface area contributed by atoms with Crippen LogP contribution < -0.4 is 4.90 Å². The minimum atomic E-state index is -0.876. The number of fused-ring (bicyclic) bond motifs is 1. The summed E-state index contributed by atoms with van der Waals surface area (Å²) >= 11 is 0. The van der Waals surface area contributed by atoms with Crippen LogP contribution in [-0.2, 0) is 4.74 Å². The number of aliphatic hydroxyl groups excluding tert-OH is 1. The molecule has 1 saturated heterocycles. The number of halogens is 2. The molecule has 3 aromatic heterocycles. The summed E-state index contributed by atoms with van der Waals surface area (Å²) < 4.78 is 36.2. The lowest BCUT2D eigenvalue weighted by atomic mass is 10.1. The summed E-state index contributed by atoms with van der Waals surface area (Å²) in [5.41, 5.74) is 3.06. The van der Waals surface area contributed by atoms with Crippen molar-refractivity contribution in [1.29, 1.82) is 0 Å². The van der Waals surface area contributed by atoms with Gasteiger partial charge in [-0.25, -0.2) is 23.7 Å². The van der Waals surface area contributed by atoms with E-state index >= 15 is 0 Å². The van der Waals surface area contributed by atoms with Crippen LogP contribution in [0.15, 0.2) is 30.6 Å². The highest BCUT2D eigenvalue weighted by molar-refractivity contribution is 5.88. The van der Waals surface area contributed by atoms with Crippen molar-refractivity contribution in [3.63, 3.8) is 0 Å². The van der Waals surface area contributed by atoms with Crippen molar-refractivity contribution in [3.05, 3.63) is 59.2 Å². The molecule has 0 radical (unpaired) electrons. The molecule has 6 rings (SSSR count). The van der Waals surface area contributed by atoms with Gasteiger partial charge < -0.3 is 14.7 Å². The number of morpholine rings is 1. The lowest BCUT2D eigenvalue weighted by Gasteiger charge is -2.35. The number of aliphatic hydroxyl groups is 1. The summed E-state index contributed by atoms with van der Waals surface area (Å²) in [6, 6.07) is 3.76. The van der Waals surface area contributed by atoms with E-state index in [1.807, 2.05) is 22.7 Å². The molecule has 0 unspecified atom stereocenters. The lowest BCUT2D eigenvalue weighted by Crippen LogP contribution is -2.46. The van der Waals surface area contributed by atoms with Crippen molar-refractivity contribution in [2.45, 2.75) is 44.9 Å². The van der Waals surface area contributed by atoms with Crippen molar-refractivity contribution in [1.82, 2.24) is 29.7 Å². The van der Waals surface area contributed by atoms with E-state index in [1.54, 1.807) is 13.1 Å². The Balaban J connectivity index is 1.37. The Hall–Kier alpha value is -3.57. The van der Waals surface area contributed by atoms with Crippen LogP contribution in [0.1, 0.15) is 41.9 Å². The van der Waals surface area contributed by atoms with Crippen molar-refractivity contribution in [2.75, 3.05) is 24.6 Å². The van der Waals surface area contributed by atoms with Crippen LogP contribution >= 0.6 is 0 Å². The Kier molecular flexibility index (Phi) is 5.60. The molecule has 1 aromatic carbocycles. The quantitative estimate of drug-likeness (QED) is 0.451. The van der Waals surface area contributed by atoms with Crippen molar-refractivity contribution in [2.24, 2.45) is 0 Å². The summed E-state index contributed by atoms with van der Waals surface area (Å²) in [5.74, 6) is -1.11. The number of ether oxygens (including phenoxy) is 1. The fourth-order valence-corrected chi connectivity index (χ4v) is 4.42. The van der Waals surface area contributed by atoms with Gasteiger partial charge in [0, 0.05) is 29.9 Å². The maximum atomic E-state index is 14.8. The molecule has 0 bridgehead atoms. The van der Waals surface area contributed by atoms with Crippen molar-refractivity contribution in [3.8, 4) is 11.3 Å². The topological polar surface area (TPSA) is 102 Å². The predicted octanol–water partition coefficient (Wildman–Crippen LogP) is 3.45. The minimum Gasteiger partial charge on any atom is -0.385 e. The van der Waals surface area contributed by atoms with Crippen LogP contribution in [0, 0.1) is 25.5 Å². The third kappa shape index (κ3) is 4.18. The van der Waals surface area contributed by atoms with E-state index in [2.05, 4.69) is 25.0 Å². The molecule has 11 heteroatoms. The fraction of sp³-hybridized carbons (Fsp3) is 0.400. The molecule has 1 N–H and O–H groups in total. The third-order valence-corrected chi connectivity index (χ3v) is 6.73. The zero-order valence-electron chi connectivity index (χ0n) is 19.9. The number of rotatable bonds is 5. The maximum Gasteiger partial charge on any atom is 0.228 e. The van der Waals surface area contributed by atoms with Gasteiger partial charge in [-0.15, -0.1) is 0 Å². The van der Waals surface area contributed by atoms with Crippen LogP contribution in [0.4, 0.5) is 14.7 Å². The van der Waals surface area contributed by atoms with Gasteiger partial charge in [0.15, 0.2) is 5.65 Å². The molecule has 2 atom stereocenters. The monoisotopic (exact) mass is 493 g/mol. The van der Waals surface area contributed by atoms with E-state index in [-0.39, 0.29) is 11.3 Å². The molecule has 1 saturated carbocycles. The molecule has 9 nitrogen and oxygen atoms in total. The van der Waals surface area contributed by atoms with Gasteiger partial charge in [-0.05, 0) is 38.8 Å². The summed E-state index contributed by atoms with van der Waals surface area (Å²) in [6.45, 7) is 4.76. The standard InChI is InChI=1S/C25H25F2N7O2/c1-13-14(2)30-24-22(29-13)21(18-6-3-16(26)9-19(18)27)31-25(32-24)33-7-8-36-20(12-33)23(35)15-10-28-34(11-15)17-4-5-17/h3,6,9-11,17,20,23,35H,4-5,7-8,12H2,1-2H3/t20-,23+/m1/s1. The number of aromatic nitrogens is 6. The molecular formula is C25H25F2N7O2. The van der Waals surface area contributed by atoms with Gasteiger partial charge in [-0.1, -0.05) is 0 Å². The van der Waals surface area contributed by atoms with E-state index in [9.17, 15) is 13.9 Å². The first-order valence-electron chi connectivity index (χ1n) is 11.9. The highest BCUT2D eigenvalue weighted by Gasteiger charge is 2.32. The summed E-state index contributed by atoms with van der Waals surface area (Å²) in [4.78, 5) is 20.3. The van der Waals surface area contributed by atoms with Gasteiger partial charge in [0.1, 0.15) is 35.1 Å². The summed E-state index contributed by atoms with van der Waals surface area (Å²) in [6.07, 6.45) is 4.33. The Labute approximate surface area is 205 Å². The molecule has 36 heavy (non-hydrogen) atoms. The van der Waals surface area contributed by atoms with E-state index in [0.717, 1.165) is 18.9 Å². The molecule has 1 aliphatic carbocycles.